The Morgan fingerprint density at radius 2 is 1.55 bits per heavy atom. The molecule has 0 saturated carbocycles. The highest BCUT2D eigenvalue weighted by molar-refractivity contribution is 6.22. The summed E-state index contributed by atoms with van der Waals surface area (Å²) in [5.74, 6) is -1.84. The molecule has 2 amide bonds. The maximum atomic E-state index is 13.2. The molecule has 40 heavy (non-hydrogen) atoms. The van der Waals surface area contributed by atoms with E-state index in [1.165, 1.54) is 4.90 Å². The highest BCUT2D eigenvalue weighted by Gasteiger charge is 2.47. The van der Waals surface area contributed by atoms with E-state index in [-0.39, 0.29) is 36.0 Å². The minimum absolute atomic E-state index is 0.165. The van der Waals surface area contributed by atoms with Crippen LogP contribution < -0.4 is 4.90 Å². The van der Waals surface area contributed by atoms with E-state index in [0.717, 1.165) is 5.56 Å². The van der Waals surface area contributed by atoms with Crippen LogP contribution >= 0.6 is 0 Å². The summed E-state index contributed by atoms with van der Waals surface area (Å²) in [4.78, 5) is 57.7. The number of aromatic nitrogens is 1. The molecular formula is C33H26N2O5. The van der Waals surface area contributed by atoms with Crippen molar-refractivity contribution in [1.29, 1.82) is 0 Å². The second kappa shape index (κ2) is 10.3. The first-order valence-electron chi connectivity index (χ1n) is 13.2. The Hall–Kier alpha value is -4.91. The van der Waals surface area contributed by atoms with Crippen LogP contribution in [0.5, 0.6) is 0 Å². The number of esters is 1. The molecule has 1 aliphatic carbocycles. The lowest BCUT2D eigenvalue weighted by atomic mass is 9.85. The number of amides is 2. The Morgan fingerprint density at radius 3 is 2.23 bits per heavy atom. The van der Waals surface area contributed by atoms with Crippen molar-refractivity contribution in [3.63, 3.8) is 0 Å². The molecule has 1 fully saturated rings. The van der Waals surface area contributed by atoms with Gasteiger partial charge in [0.05, 0.1) is 34.3 Å². The zero-order valence-electron chi connectivity index (χ0n) is 21.9. The maximum absolute atomic E-state index is 13.2. The minimum atomic E-state index is -0.621. The van der Waals surface area contributed by atoms with E-state index < -0.39 is 5.97 Å². The van der Waals surface area contributed by atoms with Gasteiger partial charge in [-0.15, -0.1) is 0 Å². The Kier molecular flexibility index (Phi) is 6.56. The molecular weight excluding hydrogens is 504 g/mol. The number of ether oxygens (including phenoxy) is 1. The van der Waals surface area contributed by atoms with Crippen molar-refractivity contribution >= 4 is 40.2 Å². The van der Waals surface area contributed by atoms with Crippen LogP contribution in [0, 0.1) is 18.8 Å². The Labute approximate surface area is 231 Å². The quantitative estimate of drug-likeness (QED) is 0.137. The van der Waals surface area contributed by atoms with Crippen LogP contribution in [0.4, 0.5) is 5.69 Å². The number of nitrogens with zero attached hydrogens (tertiary/aromatic N) is 2. The number of ketones is 1. The Morgan fingerprint density at radius 1 is 0.875 bits per heavy atom. The maximum Gasteiger partial charge on any atom is 0.339 e. The second-order valence-corrected chi connectivity index (χ2v) is 10.2. The number of pyridine rings is 1. The van der Waals surface area contributed by atoms with Crippen molar-refractivity contribution in [2.45, 2.75) is 19.8 Å². The van der Waals surface area contributed by atoms with Crippen molar-refractivity contribution in [2.24, 2.45) is 11.8 Å². The normalized spacial score (nSPS) is 18.2. The predicted molar refractivity (Wildman–Crippen MR) is 151 cm³/mol. The molecule has 2 atom stereocenters. The molecule has 1 aliphatic heterocycles. The third-order valence-corrected chi connectivity index (χ3v) is 7.54. The van der Waals surface area contributed by atoms with Crippen molar-refractivity contribution in [2.75, 3.05) is 11.5 Å². The molecule has 0 bridgehead atoms. The summed E-state index contributed by atoms with van der Waals surface area (Å²) in [6.45, 7) is 1.55. The molecule has 198 valence electrons. The van der Waals surface area contributed by atoms with Crippen molar-refractivity contribution in [3.8, 4) is 11.3 Å². The van der Waals surface area contributed by atoms with Crippen LogP contribution in [0.25, 0.3) is 22.2 Å². The molecule has 1 saturated heterocycles. The zero-order chi connectivity index (χ0) is 27.8. The Balaban J connectivity index is 1.29. The predicted octanol–water partition coefficient (Wildman–Crippen LogP) is 5.71. The molecule has 2 aliphatic rings. The fourth-order valence-corrected chi connectivity index (χ4v) is 5.41. The van der Waals surface area contributed by atoms with E-state index in [1.807, 2.05) is 43.3 Å². The van der Waals surface area contributed by atoms with Gasteiger partial charge in [0, 0.05) is 16.5 Å². The fourth-order valence-electron chi connectivity index (χ4n) is 5.41. The molecule has 0 radical (unpaired) electrons. The number of carbonyl (C=O) groups excluding carboxylic acids is 4. The van der Waals surface area contributed by atoms with Gasteiger partial charge in [-0.05, 0) is 50.1 Å². The largest absolute Gasteiger partial charge is 0.454 e. The van der Waals surface area contributed by atoms with Crippen LogP contribution in [0.3, 0.4) is 0 Å². The molecule has 7 heteroatoms. The van der Waals surface area contributed by atoms with Gasteiger partial charge >= 0.3 is 5.97 Å². The molecule has 4 aromatic rings. The van der Waals surface area contributed by atoms with Crippen molar-refractivity contribution < 1.29 is 23.9 Å². The summed E-state index contributed by atoms with van der Waals surface area (Å²) in [5, 5.41) is 0.627. The lowest BCUT2D eigenvalue weighted by Gasteiger charge is -2.15. The summed E-state index contributed by atoms with van der Waals surface area (Å²) >= 11 is 0. The number of imide groups is 1. The zero-order valence-corrected chi connectivity index (χ0v) is 21.9. The van der Waals surface area contributed by atoms with Gasteiger partial charge in [-0.2, -0.15) is 0 Å². The van der Waals surface area contributed by atoms with Crippen LogP contribution in [0.1, 0.15) is 39.1 Å². The highest BCUT2D eigenvalue weighted by Crippen LogP contribution is 2.38. The number of rotatable bonds is 6. The van der Waals surface area contributed by atoms with Gasteiger partial charge in [-0.25, -0.2) is 9.78 Å². The number of hydrogen-bond acceptors (Lipinski definition) is 6. The third kappa shape index (κ3) is 4.60. The monoisotopic (exact) mass is 530 g/mol. The number of fused-ring (bicyclic) bond motifs is 2. The third-order valence-electron chi connectivity index (χ3n) is 7.54. The van der Waals surface area contributed by atoms with Gasteiger partial charge in [0.25, 0.3) is 0 Å². The number of aryl methyl sites for hydroxylation is 1. The summed E-state index contributed by atoms with van der Waals surface area (Å²) < 4.78 is 5.44. The first-order valence-corrected chi connectivity index (χ1v) is 13.2. The van der Waals surface area contributed by atoms with Crippen molar-refractivity contribution in [3.05, 3.63) is 108 Å². The van der Waals surface area contributed by atoms with Crippen LogP contribution in [-0.2, 0) is 14.3 Å². The average Bonchev–Trinajstić information content (AvgIpc) is 3.25. The van der Waals surface area contributed by atoms with Gasteiger partial charge in [0.2, 0.25) is 11.8 Å². The van der Waals surface area contributed by atoms with Gasteiger partial charge in [-0.3, -0.25) is 19.3 Å². The molecule has 0 N–H and O–H groups in total. The van der Waals surface area contributed by atoms with Crippen LogP contribution in [0.2, 0.25) is 0 Å². The summed E-state index contributed by atoms with van der Waals surface area (Å²) in [6, 6.07) is 23.0. The average molecular weight is 531 g/mol. The van der Waals surface area contributed by atoms with E-state index in [9.17, 15) is 19.2 Å². The number of Topliss-reactive ketones (excluding diaryl/α,β-unsaturated/α-hetero) is 1. The first-order chi connectivity index (χ1) is 19.4. The number of allylic oxidation sites excluding steroid dienone is 2. The second-order valence-electron chi connectivity index (χ2n) is 10.2. The summed E-state index contributed by atoms with van der Waals surface area (Å²) in [5.41, 5.74) is 4.09. The first kappa shape index (κ1) is 25.4. The van der Waals surface area contributed by atoms with E-state index in [0.29, 0.717) is 51.8 Å². The SMILES string of the molecule is Cc1ccc2nc(-c3ccc(N4C(=O)C5CC=CCC5C4=O)cc3)cc(C(=O)OCC(=O)c3ccccc3)c2c1. The van der Waals surface area contributed by atoms with Gasteiger partial charge in [0.15, 0.2) is 12.4 Å². The lowest BCUT2D eigenvalue weighted by molar-refractivity contribution is -0.122. The van der Waals surface area contributed by atoms with E-state index in [1.54, 1.807) is 54.6 Å². The molecule has 6 rings (SSSR count). The molecule has 0 spiro atoms. The lowest BCUT2D eigenvalue weighted by Crippen LogP contribution is -2.30. The summed E-state index contributed by atoms with van der Waals surface area (Å²) in [7, 11) is 0. The van der Waals surface area contributed by atoms with Gasteiger partial charge < -0.3 is 4.74 Å². The number of carbonyl (C=O) groups is 4. The van der Waals surface area contributed by atoms with E-state index in [4.69, 9.17) is 9.72 Å². The molecule has 2 unspecified atom stereocenters. The fraction of sp³-hybridized carbons (Fsp3) is 0.182. The summed E-state index contributed by atoms with van der Waals surface area (Å²) in [6.07, 6.45) is 5.10. The van der Waals surface area contributed by atoms with Crippen LogP contribution in [0.15, 0.2) is 91.0 Å². The smallest absolute Gasteiger partial charge is 0.339 e. The van der Waals surface area contributed by atoms with Crippen molar-refractivity contribution in [1.82, 2.24) is 4.98 Å². The topological polar surface area (TPSA) is 93.6 Å². The number of hydrogen-bond donors (Lipinski definition) is 0. The minimum Gasteiger partial charge on any atom is -0.454 e. The van der Waals surface area contributed by atoms with Gasteiger partial charge in [0.1, 0.15) is 0 Å². The van der Waals surface area contributed by atoms with Gasteiger partial charge in [-0.1, -0.05) is 66.2 Å². The van der Waals surface area contributed by atoms with E-state index in [2.05, 4.69) is 0 Å². The molecule has 2 heterocycles. The highest BCUT2D eigenvalue weighted by atomic mass is 16.5. The molecule has 3 aromatic carbocycles. The number of benzene rings is 3. The van der Waals surface area contributed by atoms with E-state index >= 15 is 0 Å². The number of anilines is 1. The van der Waals surface area contributed by atoms with Crippen LogP contribution in [-0.4, -0.2) is 35.2 Å². The standard InChI is InChI=1S/C33H26N2O5/c1-20-11-16-28-26(17-20)27(33(39)40-19-30(36)22-7-3-2-4-8-22)18-29(34-28)21-12-14-23(15-13-21)35-31(37)24-9-5-6-10-25(24)32(35)38/h2-8,11-18,24-25H,9-10,19H2,1H3. The Bertz CT molecular complexity index is 1670. The molecule has 7 nitrogen and oxygen atoms in total. The molecule has 1 aromatic heterocycles.